The molecule has 0 aliphatic carbocycles. The molecule has 0 radical (unpaired) electrons. The molecule has 0 saturated carbocycles. The van der Waals surface area contributed by atoms with Gasteiger partial charge in [-0.3, -0.25) is 4.79 Å². The average Bonchev–Trinajstić information content (AvgIpc) is 3.26. The number of allylic oxidation sites excluding steroid dienone is 1. The van der Waals surface area contributed by atoms with Crippen molar-refractivity contribution in [2.24, 2.45) is 10.9 Å². The van der Waals surface area contributed by atoms with E-state index in [-0.39, 0.29) is 11.7 Å². The number of para-hydroxylation sites is 2. The normalized spacial score (nSPS) is 18.4. The van der Waals surface area contributed by atoms with Crippen LogP contribution in [0.15, 0.2) is 62.7 Å². The third kappa shape index (κ3) is 4.18. The van der Waals surface area contributed by atoms with E-state index in [1.54, 1.807) is 37.3 Å². The van der Waals surface area contributed by atoms with Crippen LogP contribution in [0, 0.1) is 28.6 Å². The second kappa shape index (κ2) is 9.13. The Labute approximate surface area is 172 Å². The Bertz CT molecular complexity index is 1040. The summed E-state index contributed by atoms with van der Waals surface area (Å²) in [7, 11) is 1.53. The van der Waals surface area contributed by atoms with E-state index in [4.69, 9.17) is 14.4 Å². The van der Waals surface area contributed by atoms with Crippen LogP contribution in [0.1, 0.15) is 18.6 Å². The SMILES string of the molecule is COc1ccccc1NC(=O)C1C(C)=NC(SCC#N)=C(C#N)[C@H]1c1ccco1. The van der Waals surface area contributed by atoms with Crippen molar-refractivity contribution < 1.29 is 13.9 Å². The second-order valence-electron chi connectivity index (χ2n) is 6.19. The number of nitriles is 2. The van der Waals surface area contributed by atoms with Crippen LogP contribution in [0.3, 0.4) is 0 Å². The lowest BCUT2D eigenvalue weighted by Crippen LogP contribution is -2.36. The maximum absolute atomic E-state index is 13.3. The molecule has 1 N–H and O–H groups in total. The maximum Gasteiger partial charge on any atom is 0.234 e. The highest BCUT2D eigenvalue weighted by molar-refractivity contribution is 8.03. The Hall–Kier alpha value is -3.49. The Balaban J connectivity index is 2.02. The van der Waals surface area contributed by atoms with E-state index < -0.39 is 11.8 Å². The third-order valence-electron chi connectivity index (χ3n) is 4.49. The quantitative estimate of drug-likeness (QED) is 0.773. The van der Waals surface area contributed by atoms with E-state index in [2.05, 4.69) is 16.4 Å². The molecule has 0 bridgehead atoms. The number of furan rings is 1. The topological polar surface area (TPSA) is 111 Å². The number of thioether (sulfide) groups is 1. The minimum atomic E-state index is -0.743. The van der Waals surface area contributed by atoms with Crippen LogP contribution in [0.4, 0.5) is 5.69 Å². The predicted octanol–water partition coefficient (Wildman–Crippen LogP) is 4.09. The van der Waals surface area contributed by atoms with Crippen LogP contribution < -0.4 is 10.1 Å². The number of rotatable bonds is 6. The number of carbonyl (C=O) groups is 1. The fourth-order valence-electron chi connectivity index (χ4n) is 3.23. The minimum Gasteiger partial charge on any atom is -0.495 e. The first kappa shape index (κ1) is 20.2. The smallest absolute Gasteiger partial charge is 0.234 e. The van der Waals surface area contributed by atoms with Crippen LogP contribution in [0.25, 0.3) is 0 Å². The monoisotopic (exact) mass is 406 g/mol. The molecule has 0 saturated heterocycles. The van der Waals surface area contributed by atoms with E-state index in [1.807, 2.05) is 12.1 Å². The van der Waals surface area contributed by atoms with Gasteiger partial charge in [0, 0.05) is 5.71 Å². The van der Waals surface area contributed by atoms with Gasteiger partial charge >= 0.3 is 0 Å². The number of anilines is 1. The molecule has 146 valence electrons. The summed E-state index contributed by atoms with van der Waals surface area (Å²) in [4.78, 5) is 17.7. The number of nitrogens with zero attached hydrogens (tertiary/aromatic N) is 3. The highest BCUT2D eigenvalue weighted by atomic mass is 32.2. The van der Waals surface area contributed by atoms with Crippen molar-refractivity contribution in [1.29, 1.82) is 10.5 Å². The summed E-state index contributed by atoms with van der Waals surface area (Å²) in [5.41, 5.74) is 1.38. The standard InChI is InChI=1S/C21H18N4O3S/c1-13-18(20(26)25-15-6-3-4-7-16(15)27-2)19(17-8-5-10-28-17)14(12-23)21(24-13)29-11-9-22/h3-8,10,18-19H,11H2,1-2H3,(H,25,26)/t18?,19-/m0/s1. The van der Waals surface area contributed by atoms with Gasteiger partial charge in [-0.15, -0.1) is 0 Å². The predicted molar refractivity (Wildman–Crippen MR) is 110 cm³/mol. The number of nitrogens with one attached hydrogen (secondary N) is 1. The van der Waals surface area contributed by atoms with Crippen molar-refractivity contribution >= 4 is 29.1 Å². The van der Waals surface area contributed by atoms with Gasteiger partial charge < -0.3 is 14.5 Å². The van der Waals surface area contributed by atoms with Crippen molar-refractivity contribution in [1.82, 2.24) is 0 Å². The van der Waals surface area contributed by atoms with Crippen LogP contribution in [-0.4, -0.2) is 24.5 Å². The maximum atomic E-state index is 13.3. The van der Waals surface area contributed by atoms with Gasteiger partial charge in [-0.1, -0.05) is 23.9 Å². The molecular formula is C21H18N4O3S. The number of methoxy groups -OCH3 is 1. The Morgan fingerprint density at radius 1 is 1.31 bits per heavy atom. The average molecular weight is 406 g/mol. The molecule has 2 heterocycles. The molecular weight excluding hydrogens is 388 g/mol. The summed E-state index contributed by atoms with van der Waals surface area (Å²) in [5, 5.41) is 22.0. The molecule has 1 unspecified atom stereocenters. The van der Waals surface area contributed by atoms with Crippen LogP contribution in [0.2, 0.25) is 0 Å². The number of hydrogen-bond acceptors (Lipinski definition) is 7. The summed E-state index contributed by atoms with van der Waals surface area (Å²) in [6.07, 6.45) is 1.50. The lowest BCUT2D eigenvalue weighted by Gasteiger charge is -2.29. The van der Waals surface area contributed by atoms with Crippen molar-refractivity contribution in [3.63, 3.8) is 0 Å². The molecule has 1 aliphatic rings. The van der Waals surface area contributed by atoms with Crippen LogP contribution in [0.5, 0.6) is 5.75 Å². The van der Waals surface area contributed by atoms with Gasteiger partial charge in [0.2, 0.25) is 5.91 Å². The van der Waals surface area contributed by atoms with Crippen molar-refractivity contribution in [2.45, 2.75) is 12.8 Å². The molecule has 1 aromatic carbocycles. The van der Waals surface area contributed by atoms with Crippen molar-refractivity contribution in [3.8, 4) is 17.9 Å². The van der Waals surface area contributed by atoms with Gasteiger partial charge in [0.1, 0.15) is 16.5 Å². The van der Waals surface area contributed by atoms with E-state index in [0.29, 0.717) is 33.5 Å². The summed E-state index contributed by atoms with van der Waals surface area (Å²) in [6.45, 7) is 1.74. The molecule has 1 aromatic heterocycles. The Morgan fingerprint density at radius 3 is 2.76 bits per heavy atom. The van der Waals surface area contributed by atoms with E-state index in [1.165, 1.54) is 25.1 Å². The van der Waals surface area contributed by atoms with Gasteiger partial charge in [-0.2, -0.15) is 10.5 Å². The summed E-state index contributed by atoms with van der Waals surface area (Å²) >= 11 is 1.17. The molecule has 0 spiro atoms. The lowest BCUT2D eigenvalue weighted by atomic mass is 9.79. The number of carbonyl (C=O) groups excluding carboxylic acids is 1. The fourth-order valence-corrected chi connectivity index (χ4v) is 3.97. The second-order valence-corrected chi connectivity index (χ2v) is 7.15. The zero-order chi connectivity index (χ0) is 20.8. The number of aliphatic imine (C=N–C) groups is 1. The summed E-state index contributed by atoms with van der Waals surface area (Å²) < 4.78 is 10.9. The van der Waals surface area contributed by atoms with Crippen LogP contribution in [-0.2, 0) is 4.79 Å². The zero-order valence-electron chi connectivity index (χ0n) is 15.9. The van der Waals surface area contributed by atoms with Crippen LogP contribution >= 0.6 is 11.8 Å². The molecule has 2 aromatic rings. The minimum absolute atomic E-state index is 0.153. The highest BCUT2D eigenvalue weighted by Gasteiger charge is 2.41. The van der Waals surface area contributed by atoms with E-state index >= 15 is 0 Å². The van der Waals surface area contributed by atoms with Gasteiger partial charge in [-0.05, 0) is 31.2 Å². The van der Waals surface area contributed by atoms with Gasteiger partial charge in [0.15, 0.2) is 0 Å². The summed E-state index contributed by atoms with van der Waals surface area (Å²) in [6, 6.07) is 14.7. The fraction of sp³-hybridized carbons (Fsp3) is 0.238. The molecule has 8 heteroatoms. The number of benzene rings is 1. The van der Waals surface area contributed by atoms with Gasteiger partial charge in [0.05, 0.1) is 54.4 Å². The van der Waals surface area contributed by atoms with Crippen molar-refractivity contribution in [2.75, 3.05) is 18.2 Å². The Kier molecular flexibility index (Phi) is 6.38. The van der Waals surface area contributed by atoms with Crippen molar-refractivity contribution in [3.05, 3.63) is 59.0 Å². The molecule has 3 rings (SSSR count). The molecule has 1 aliphatic heterocycles. The number of amides is 1. The Morgan fingerprint density at radius 2 is 2.10 bits per heavy atom. The van der Waals surface area contributed by atoms with E-state index in [0.717, 1.165) is 0 Å². The number of hydrogen-bond donors (Lipinski definition) is 1. The van der Waals surface area contributed by atoms with Gasteiger partial charge in [0.25, 0.3) is 0 Å². The third-order valence-corrected chi connectivity index (χ3v) is 5.35. The largest absolute Gasteiger partial charge is 0.495 e. The first-order valence-electron chi connectivity index (χ1n) is 8.77. The van der Waals surface area contributed by atoms with Gasteiger partial charge in [-0.25, -0.2) is 4.99 Å². The highest BCUT2D eigenvalue weighted by Crippen LogP contribution is 2.42. The number of ether oxygens (including phenoxy) is 1. The van der Waals surface area contributed by atoms with E-state index in [9.17, 15) is 10.1 Å². The first-order chi connectivity index (χ1) is 14.1. The molecule has 29 heavy (non-hydrogen) atoms. The molecule has 2 atom stereocenters. The molecule has 1 amide bonds. The summed E-state index contributed by atoms with van der Waals surface area (Å²) in [5.74, 6) is -0.529. The molecule has 0 fully saturated rings. The molecule has 7 nitrogen and oxygen atoms in total. The first-order valence-corrected chi connectivity index (χ1v) is 9.75. The zero-order valence-corrected chi connectivity index (χ0v) is 16.7. The lowest BCUT2D eigenvalue weighted by molar-refractivity contribution is -0.118.